The summed E-state index contributed by atoms with van der Waals surface area (Å²) in [5, 5.41) is 2.93. The van der Waals surface area contributed by atoms with Crippen molar-refractivity contribution in [3.05, 3.63) is 72.2 Å². The minimum Gasteiger partial charge on any atom is -0.356 e. The molecule has 0 radical (unpaired) electrons. The molecule has 4 rings (SSSR count). The first kappa shape index (κ1) is 19.1. The molecular weight excluding hydrogens is 362 g/mol. The Morgan fingerprint density at radius 2 is 1.69 bits per heavy atom. The molecule has 148 valence electrons. The molecule has 3 aromatic rings. The molecule has 3 heterocycles. The highest BCUT2D eigenvalue weighted by atomic mass is 16.1. The fraction of sp³-hybridized carbons (Fsp3) is 0.304. The average Bonchev–Trinajstić information content (AvgIpc) is 3.08. The predicted octanol–water partition coefficient (Wildman–Crippen LogP) is 3.85. The number of nitrogens with one attached hydrogen (secondary N) is 1. The summed E-state index contributed by atoms with van der Waals surface area (Å²) in [5.74, 6) is 1.19. The van der Waals surface area contributed by atoms with Gasteiger partial charge in [0.05, 0.1) is 12.2 Å². The van der Waals surface area contributed by atoms with Gasteiger partial charge in [-0.2, -0.15) is 0 Å². The largest absolute Gasteiger partial charge is 0.356 e. The van der Waals surface area contributed by atoms with Crippen molar-refractivity contribution in [1.29, 1.82) is 0 Å². The molecule has 6 nitrogen and oxygen atoms in total. The van der Waals surface area contributed by atoms with E-state index in [4.69, 9.17) is 4.98 Å². The quantitative estimate of drug-likeness (QED) is 0.720. The Balaban J connectivity index is 1.62. The normalized spacial score (nSPS) is 14.3. The maximum Gasteiger partial charge on any atom is 0.270 e. The first-order valence-electron chi connectivity index (χ1n) is 10.2. The van der Waals surface area contributed by atoms with Crippen molar-refractivity contribution in [2.45, 2.75) is 32.2 Å². The Morgan fingerprint density at radius 1 is 0.931 bits per heavy atom. The summed E-state index contributed by atoms with van der Waals surface area (Å²) in [7, 11) is 0. The van der Waals surface area contributed by atoms with Crippen molar-refractivity contribution < 1.29 is 4.79 Å². The maximum absolute atomic E-state index is 12.9. The molecule has 1 saturated heterocycles. The number of hydrogen-bond acceptors (Lipinski definition) is 5. The third-order valence-electron chi connectivity index (χ3n) is 5.06. The van der Waals surface area contributed by atoms with Crippen LogP contribution in [0.1, 0.15) is 41.9 Å². The molecule has 0 bridgehead atoms. The van der Waals surface area contributed by atoms with E-state index >= 15 is 0 Å². The van der Waals surface area contributed by atoms with E-state index in [-0.39, 0.29) is 5.91 Å². The number of nitrogens with zero attached hydrogens (tertiary/aromatic N) is 4. The van der Waals surface area contributed by atoms with Crippen LogP contribution in [0.3, 0.4) is 0 Å². The number of anilines is 1. The Labute approximate surface area is 171 Å². The van der Waals surface area contributed by atoms with Crippen LogP contribution in [0.15, 0.2) is 60.8 Å². The molecule has 1 aromatic carbocycles. The Kier molecular flexibility index (Phi) is 6.10. The SMILES string of the molecule is O=C(NCc1ccccn1)c1cc(N2CCCCCC2)nc(-c2ccccc2)n1. The number of aromatic nitrogens is 3. The van der Waals surface area contributed by atoms with E-state index in [1.807, 2.05) is 54.6 Å². The van der Waals surface area contributed by atoms with Gasteiger partial charge in [0, 0.05) is 30.9 Å². The average molecular weight is 387 g/mol. The number of pyridine rings is 1. The van der Waals surface area contributed by atoms with Crippen LogP contribution in [-0.4, -0.2) is 33.9 Å². The fourth-order valence-corrected chi connectivity index (χ4v) is 3.49. The van der Waals surface area contributed by atoms with E-state index in [1.54, 1.807) is 6.20 Å². The standard InChI is InChI=1S/C23H25N5O/c29-23(25-17-19-12-6-7-13-24-19)20-16-21(28-14-8-1-2-9-15-28)27-22(26-20)18-10-4-3-5-11-18/h3-7,10-13,16H,1-2,8-9,14-15,17H2,(H,25,29). The van der Waals surface area contributed by atoms with E-state index < -0.39 is 0 Å². The van der Waals surface area contributed by atoms with Crippen LogP contribution in [0.4, 0.5) is 5.82 Å². The summed E-state index contributed by atoms with van der Waals surface area (Å²) in [5.41, 5.74) is 2.10. The van der Waals surface area contributed by atoms with Gasteiger partial charge in [-0.3, -0.25) is 9.78 Å². The van der Waals surface area contributed by atoms with Crippen LogP contribution in [0.2, 0.25) is 0 Å². The molecule has 2 aromatic heterocycles. The number of carbonyl (C=O) groups excluding carboxylic acids is 1. The first-order chi connectivity index (χ1) is 14.3. The third-order valence-corrected chi connectivity index (χ3v) is 5.06. The first-order valence-corrected chi connectivity index (χ1v) is 10.2. The highest BCUT2D eigenvalue weighted by Gasteiger charge is 2.18. The van der Waals surface area contributed by atoms with Gasteiger partial charge >= 0.3 is 0 Å². The number of hydrogen-bond donors (Lipinski definition) is 1. The van der Waals surface area contributed by atoms with Crippen molar-refractivity contribution in [2.75, 3.05) is 18.0 Å². The van der Waals surface area contributed by atoms with Gasteiger partial charge in [0.1, 0.15) is 11.5 Å². The second-order valence-corrected chi connectivity index (χ2v) is 7.21. The van der Waals surface area contributed by atoms with E-state index in [1.165, 1.54) is 12.8 Å². The molecular formula is C23H25N5O. The number of carbonyl (C=O) groups is 1. The Bertz CT molecular complexity index is 938. The molecule has 1 amide bonds. The lowest BCUT2D eigenvalue weighted by molar-refractivity contribution is 0.0945. The van der Waals surface area contributed by atoms with Gasteiger partial charge in [0.15, 0.2) is 5.82 Å². The van der Waals surface area contributed by atoms with Crippen molar-refractivity contribution >= 4 is 11.7 Å². The zero-order chi connectivity index (χ0) is 19.9. The van der Waals surface area contributed by atoms with Crippen LogP contribution in [0.25, 0.3) is 11.4 Å². The summed E-state index contributed by atoms with van der Waals surface area (Å²) in [6.07, 6.45) is 6.49. The number of amides is 1. The summed E-state index contributed by atoms with van der Waals surface area (Å²) >= 11 is 0. The maximum atomic E-state index is 12.9. The highest BCUT2D eigenvalue weighted by molar-refractivity contribution is 5.93. The zero-order valence-corrected chi connectivity index (χ0v) is 16.4. The molecule has 29 heavy (non-hydrogen) atoms. The minimum atomic E-state index is -0.216. The Hall–Kier alpha value is -3.28. The zero-order valence-electron chi connectivity index (χ0n) is 16.4. The summed E-state index contributed by atoms with van der Waals surface area (Å²) in [4.78, 5) is 28.7. The lowest BCUT2D eigenvalue weighted by Crippen LogP contribution is -2.28. The monoisotopic (exact) mass is 387 g/mol. The molecule has 0 unspecified atom stereocenters. The molecule has 0 aliphatic carbocycles. The van der Waals surface area contributed by atoms with Crippen LogP contribution in [-0.2, 0) is 6.54 Å². The summed E-state index contributed by atoms with van der Waals surface area (Å²) < 4.78 is 0. The topological polar surface area (TPSA) is 71.0 Å². The van der Waals surface area contributed by atoms with Gasteiger partial charge < -0.3 is 10.2 Å². The second-order valence-electron chi connectivity index (χ2n) is 7.21. The van der Waals surface area contributed by atoms with Gasteiger partial charge in [-0.15, -0.1) is 0 Å². The molecule has 0 spiro atoms. The van der Waals surface area contributed by atoms with Crippen LogP contribution in [0, 0.1) is 0 Å². The van der Waals surface area contributed by atoms with E-state index in [0.717, 1.165) is 43.0 Å². The molecule has 1 N–H and O–H groups in total. The number of benzene rings is 1. The molecule has 1 fully saturated rings. The minimum absolute atomic E-state index is 0.216. The molecule has 1 aliphatic heterocycles. The molecule has 0 atom stereocenters. The van der Waals surface area contributed by atoms with Crippen LogP contribution in [0.5, 0.6) is 0 Å². The summed E-state index contributed by atoms with van der Waals surface area (Å²) in [6.45, 7) is 2.28. The van der Waals surface area contributed by atoms with Gasteiger partial charge in [-0.1, -0.05) is 49.2 Å². The number of rotatable bonds is 5. The van der Waals surface area contributed by atoms with Crippen LogP contribution < -0.4 is 10.2 Å². The van der Waals surface area contributed by atoms with Crippen molar-refractivity contribution in [3.8, 4) is 11.4 Å². The van der Waals surface area contributed by atoms with Gasteiger partial charge in [0.25, 0.3) is 5.91 Å². The van der Waals surface area contributed by atoms with Gasteiger partial charge in [-0.25, -0.2) is 9.97 Å². The second kappa shape index (κ2) is 9.28. The van der Waals surface area contributed by atoms with E-state index in [0.29, 0.717) is 18.1 Å². The van der Waals surface area contributed by atoms with Crippen LogP contribution >= 0.6 is 0 Å². The molecule has 1 aliphatic rings. The molecule has 0 saturated carbocycles. The van der Waals surface area contributed by atoms with E-state index in [2.05, 4.69) is 20.2 Å². The van der Waals surface area contributed by atoms with Crippen molar-refractivity contribution in [3.63, 3.8) is 0 Å². The van der Waals surface area contributed by atoms with Gasteiger partial charge in [0.2, 0.25) is 0 Å². The Morgan fingerprint density at radius 3 is 2.41 bits per heavy atom. The summed E-state index contributed by atoms with van der Waals surface area (Å²) in [6, 6.07) is 17.3. The molecule has 6 heteroatoms. The predicted molar refractivity (Wildman–Crippen MR) is 114 cm³/mol. The van der Waals surface area contributed by atoms with Crippen molar-refractivity contribution in [2.24, 2.45) is 0 Å². The lowest BCUT2D eigenvalue weighted by Gasteiger charge is -2.22. The van der Waals surface area contributed by atoms with Crippen molar-refractivity contribution in [1.82, 2.24) is 20.3 Å². The lowest BCUT2D eigenvalue weighted by atomic mass is 10.2. The van der Waals surface area contributed by atoms with Gasteiger partial charge in [-0.05, 0) is 25.0 Å². The third kappa shape index (κ3) is 4.96. The van der Waals surface area contributed by atoms with E-state index in [9.17, 15) is 4.79 Å². The highest BCUT2D eigenvalue weighted by Crippen LogP contribution is 2.22. The smallest absolute Gasteiger partial charge is 0.270 e. The fourth-order valence-electron chi connectivity index (χ4n) is 3.49.